The Bertz CT molecular complexity index is 1380. The predicted octanol–water partition coefficient (Wildman–Crippen LogP) is 2.45. The van der Waals surface area contributed by atoms with Gasteiger partial charge in [0.05, 0.1) is 31.9 Å². The second kappa shape index (κ2) is 11.5. The summed E-state index contributed by atoms with van der Waals surface area (Å²) >= 11 is 0. The first-order chi connectivity index (χ1) is 18.9. The first-order valence-electron chi connectivity index (χ1n) is 13.1. The first kappa shape index (κ1) is 29.5. The number of methoxy groups -OCH3 is 3. The van der Waals surface area contributed by atoms with E-state index in [0.717, 1.165) is 11.1 Å². The molecule has 0 unspecified atom stereocenters. The van der Waals surface area contributed by atoms with Gasteiger partial charge in [-0.3, -0.25) is 9.59 Å². The Morgan fingerprint density at radius 2 is 1.43 bits per heavy atom. The van der Waals surface area contributed by atoms with E-state index < -0.39 is 21.6 Å². The standard InChI is InChI=1S/C28H37N3O8S/c1-19(32)39-28(2,3)27(33)30-13-11-29(12-14-30)23-17-22(7-8-24(23)36-4)40(34,35)31-10-9-20-15-25(37-5)26(38-6)16-21(20)18-31/h7-8,15-17H,9-14,18H2,1-6H3. The van der Waals surface area contributed by atoms with Crippen molar-refractivity contribution in [2.45, 2.75) is 44.2 Å². The van der Waals surface area contributed by atoms with Crippen LogP contribution in [0.4, 0.5) is 5.69 Å². The molecule has 2 heterocycles. The van der Waals surface area contributed by atoms with Gasteiger partial charge in [0, 0.05) is 46.2 Å². The van der Waals surface area contributed by atoms with Crippen LogP contribution in [0.2, 0.25) is 0 Å². The minimum atomic E-state index is -3.82. The highest BCUT2D eigenvalue weighted by Gasteiger charge is 2.37. The van der Waals surface area contributed by atoms with Crippen molar-refractivity contribution < 1.29 is 37.0 Å². The van der Waals surface area contributed by atoms with Crippen LogP contribution in [0.25, 0.3) is 0 Å². The number of anilines is 1. The highest BCUT2D eigenvalue weighted by atomic mass is 32.2. The van der Waals surface area contributed by atoms with Gasteiger partial charge in [-0.1, -0.05) is 0 Å². The zero-order valence-corrected chi connectivity index (χ0v) is 24.7. The first-order valence-corrected chi connectivity index (χ1v) is 14.5. The molecule has 2 aromatic carbocycles. The van der Waals surface area contributed by atoms with Crippen LogP contribution in [0.1, 0.15) is 31.9 Å². The van der Waals surface area contributed by atoms with Crippen LogP contribution in [0.5, 0.6) is 17.2 Å². The second-order valence-corrected chi connectivity index (χ2v) is 12.2. The molecule has 0 saturated carbocycles. The molecule has 0 N–H and O–H groups in total. The Labute approximate surface area is 235 Å². The van der Waals surface area contributed by atoms with Gasteiger partial charge in [0.2, 0.25) is 10.0 Å². The van der Waals surface area contributed by atoms with Gasteiger partial charge < -0.3 is 28.7 Å². The van der Waals surface area contributed by atoms with E-state index in [2.05, 4.69) is 0 Å². The van der Waals surface area contributed by atoms with Crippen molar-refractivity contribution in [2.75, 3.05) is 59.0 Å². The van der Waals surface area contributed by atoms with Crippen molar-refractivity contribution in [3.63, 3.8) is 0 Å². The summed E-state index contributed by atoms with van der Waals surface area (Å²) in [6.45, 7) is 6.68. The normalized spacial score (nSPS) is 16.2. The molecule has 2 aromatic rings. The minimum absolute atomic E-state index is 0.168. The third-order valence-electron chi connectivity index (χ3n) is 7.29. The largest absolute Gasteiger partial charge is 0.495 e. The van der Waals surface area contributed by atoms with E-state index in [0.29, 0.717) is 62.1 Å². The third kappa shape index (κ3) is 5.83. The Morgan fingerprint density at radius 3 is 2.00 bits per heavy atom. The molecule has 1 amide bonds. The number of sulfonamides is 1. The average Bonchev–Trinajstić information content (AvgIpc) is 2.94. The number of benzene rings is 2. The molecule has 2 aliphatic heterocycles. The number of carbonyl (C=O) groups excluding carboxylic acids is 2. The number of rotatable bonds is 8. The van der Waals surface area contributed by atoms with Gasteiger partial charge in [0.1, 0.15) is 5.75 Å². The average molecular weight is 576 g/mol. The van der Waals surface area contributed by atoms with Crippen molar-refractivity contribution in [3.05, 3.63) is 41.5 Å². The van der Waals surface area contributed by atoms with E-state index in [1.54, 1.807) is 51.2 Å². The summed E-state index contributed by atoms with van der Waals surface area (Å²) in [5.74, 6) is 0.927. The lowest BCUT2D eigenvalue weighted by molar-refractivity contribution is -0.168. The fourth-order valence-electron chi connectivity index (χ4n) is 5.22. The predicted molar refractivity (Wildman–Crippen MR) is 148 cm³/mol. The SMILES string of the molecule is COc1cc2c(cc1OC)CN(S(=O)(=O)c1ccc(OC)c(N3CCN(C(=O)C(C)(C)OC(C)=O)CC3)c1)CC2. The topological polar surface area (TPSA) is 115 Å². The number of hydrogen-bond acceptors (Lipinski definition) is 9. The van der Waals surface area contributed by atoms with Crippen LogP contribution >= 0.6 is 0 Å². The Balaban J connectivity index is 1.53. The third-order valence-corrected chi connectivity index (χ3v) is 9.13. The molecule has 4 rings (SSSR count). The van der Waals surface area contributed by atoms with Gasteiger partial charge in [-0.2, -0.15) is 4.31 Å². The highest BCUT2D eigenvalue weighted by Crippen LogP contribution is 2.37. The van der Waals surface area contributed by atoms with E-state index in [-0.39, 0.29) is 17.3 Å². The summed E-state index contributed by atoms with van der Waals surface area (Å²) in [6, 6.07) is 8.59. The monoisotopic (exact) mass is 575 g/mol. The number of hydrogen-bond donors (Lipinski definition) is 0. The zero-order valence-electron chi connectivity index (χ0n) is 23.9. The van der Waals surface area contributed by atoms with Gasteiger partial charge in [0.25, 0.3) is 5.91 Å². The Morgan fingerprint density at radius 1 is 0.825 bits per heavy atom. The van der Waals surface area contributed by atoms with Crippen LogP contribution < -0.4 is 19.1 Å². The summed E-state index contributed by atoms with van der Waals surface area (Å²) in [7, 11) is 0.853. The molecule has 0 atom stereocenters. The number of nitrogens with zero attached hydrogens (tertiary/aromatic N) is 3. The van der Waals surface area contributed by atoms with E-state index >= 15 is 0 Å². The van der Waals surface area contributed by atoms with Crippen LogP contribution in [0, 0.1) is 0 Å². The van der Waals surface area contributed by atoms with Gasteiger partial charge >= 0.3 is 5.97 Å². The lowest BCUT2D eigenvalue weighted by Crippen LogP contribution is -2.55. The van der Waals surface area contributed by atoms with Crippen molar-refractivity contribution >= 4 is 27.6 Å². The molecule has 0 spiro atoms. The molecule has 0 bridgehead atoms. The molecule has 1 fully saturated rings. The van der Waals surface area contributed by atoms with Gasteiger partial charge in [0.15, 0.2) is 17.1 Å². The van der Waals surface area contributed by atoms with E-state index in [9.17, 15) is 18.0 Å². The zero-order chi connectivity index (χ0) is 29.2. The quantitative estimate of drug-likeness (QED) is 0.438. The van der Waals surface area contributed by atoms with E-state index in [1.807, 2.05) is 17.0 Å². The Kier molecular flexibility index (Phi) is 8.50. The number of esters is 1. The summed E-state index contributed by atoms with van der Waals surface area (Å²) in [4.78, 5) is 28.2. The number of ether oxygens (including phenoxy) is 4. The van der Waals surface area contributed by atoms with Crippen LogP contribution in [0.3, 0.4) is 0 Å². The maximum atomic E-state index is 13.8. The summed E-state index contributed by atoms with van der Waals surface area (Å²) in [5.41, 5.74) is 1.28. The Hall–Kier alpha value is -3.51. The summed E-state index contributed by atoms with van der Waals surface area (Å²) < 4.78 is 50.6. The molecule has 0 radical (unpaired) electrons. The maximum Gasteiger partial charge on any atom is 0.303 e. The van der Waals surface area contributed by atoms with Gasteiger partial charge in [-0.05, 0) is 61.7 Å². The fraction of sp³-hybridized carbons (Fsp3) is 0.500. The molecule has 1 saturated heterocycles. The number of fused-ring (bicyclic) bond motifs is 1. The molecule has 218 valence electrons. The number of amides is 1. The van der Waals surface area contributed by atoms with Crippen molar-refractivity contribution in [2.24, 2.45) is 0 Å². The van der Waals surface area contributed by atoms with E-state index in [1.165, 1.54) is 18.3 Å². The molecule has 2 aliphatic rings. The summed E-state index contributed by atoms with van der Waals surface area (Å²) in [5, 5.41) is 0. The molecular weight excluding hydrogens is 538 g/mol. The molecule has 12 heteroatoms. The molecule has 40 heavy (non-hydrogen) atoms. The molecule has 0 aromatic heterocycles. The smallest absolute Gasteiger partial charge is 0.303 e. The molecular formula is C28H37N3O8S. The molecule has 11 nitrogen and oxygen atoms in total. The number of carbonyl (C=O) groups is 2. The van der Waals surface area contributed by atoms with Crippen LogP contribution in [0.15, 0.2) is 35.2 Å². The van der Waals surface area contributed by atoms with Crippen molar-refractivity contribution in [1.29, 1.82) is 0 Å². The minimum Gasteiger partial charge on any atom is -0.495 e. The maximum absolute atomic E-state index is 13.8. The fourth-order valence-corrected chi connectivity index (χ4v) is 6.66. The van der Waals surface area contributed by atoms with E-state index in [4.69, 9.17) is 18.9 Å². The summed E-state index contributed by atoms with van der Waals surface area (Å²) in [6.07, 6.45) is 0.553. The van der Waals surface area contributed by atoms with Crippen LogP contribution in [-0.2, 0) is 37.3 Å². The number of piperazine rings is 1. The van der Waals surface area contributed by atoms with Crippen LogP contribution in [-0.4, -0.2) is 89.2 Å². The second-order valence-electron chi connectivity index (χ2n) is 10.3. The highest BCUT2D eigenvalue weighted by molar-refractivity contribution is 7.89. The molecule has 0 aliphatic carbocycles. The van der Waals surface area contributed by atoms with Gasteiger partial charge in [-0.15, -0.1) is 0 Å². The van der Waals surface area contributed by atoms with Crippen molar-refractivity contribution in [3.8, 4) is 17.2 Å². The van der Waals surface area contributed by atoms with Crippen molar-refractivity contribution in [1.82, 2.24) is 9.21 Å². The lowest BCUT2D eigenvalue weighted by atomic mass is 10.0. The lowest BCUT2D eigenvalue weighted by Gasteiger charge is -2.39. The van der Waals surface area contributed by atoms with Gasteiger partial charge in [-0.25, -0.2) is 8.42 Å².